The summed E-state index contributed by atoms with van der Waals surface area (Å²) in [6.07, 6.45) is 0.770. The van der Waals surface area contributed by atoms with Crippen LogP contribution >= 0.6 is 24.0 Å². The molecule has 0 heterocycles. The van der Waals surface area contributed by atoms with Gasteiger partial charge < -0.3 is 11.1 Å². The van der Waals surface area contributed by atoms with Gasteiger partial charge in [0, 0.05) is 11.6 Å². The highest BCUT2D eigenvalue weighted by Crippen LogP contribution is 2.10. The van der Waals surface area contributed by atoms with E-state index in [1.54, 1.807) is 0 Å². The normalized spacial score (nSPS) is 9.20. The molecule has 0 aliphatic rings. The van der Waals surface area contributed by atoms with E-state index < -0.39 is 0 Å². The molecule has 0 unspecified atom stereocenters. The fourth-order valence-electron chi connectivity index (χ4n) is 1.11. The van der Waals surface area contributed by atoms with E-state index in [0.29, 0.717) is 11.6 Å². The standard InChI is InChI=1S/C10H13ClN2O.ClH/c11-9-3-1-2-8(6-9)4-5-13-10(14)7-12;/h1-3,6H,4-5,7,12H2,(H,13,14);1H. The zero-order valence-electron chi connectivity index (χ0n) is 8.20. The number of carbonyl (C=O) groups excluding carboxylic acids is 1. The molecule has 84 valence electrons. The molecule has 1 aromatic rings. The van der Waals surface area contributed by atoms with Crippen LogP contribution in [0.2, 0.25) is 5.02 Å². The lowest BCUT2D eigenvalue weighted by molar-refractivity contribution is -0.119. The van der Waals surface area contributed by atoms with Crippen molar-refractivity contribution in [3.05, 3.63) is 34.9 Å². The maximum Gasteiger partial charge on any atom is 0.233 e. The number of halogens is 2. The Kier molecular flexibility index (Phi) is 7.13. The summed E-state index contributed by atoms with van der Waals surface area (Å²) < 4.78 is 0. The number of nitrogens with two attached hydrogens (primary N) is 1. The van der Waals surface area contributed by atoms with Gasteiger partial charge in [0.1, 0.15) is 0 Å². The monoisotopic (exact) mass is 248 g/mol. The predicted molar refractivity (Wildman–Crippen MR) is 64.5 cm³/mol. The Hall–Kier alpha value is -0.770. The lowest BCUT2D eigenvalue weighted by atomic mass is 10.1. The summed E-state index contributed by atoms with van der Waals surface area (Å²) in [5.41, 5.74) is 6.25. The van der Waals surface area contributed by atoms with Crippen LogP contribution in [0.15, 0.2) is 24.3 Å². The van der Waals surface area contributed by atoms with E-state index in [0.717, 1.165) is 12.0 Å². The second kappa shape index (κ2) is 7.51. The molecule has 1 rings (SSSR count). The molecule has 15 heavy (non-hydrogen) atoms. The van der Waals surface area contributed by atoms with Crippen molar-refractivity contribution in [2.75, 3.05) is 13.1 Å². The molecule has 0 aliphatic carbocycles. The van der Waals surface area contributed by atoms with Gasteiger partial charge >= 0.3 is 0 Å². The summed E-state index contributed by atoms with van der Waals surface area (Å²) in [4.78, 5) is 10.8. The highest BCUT2D eigenvalue weighted by Gasteiger charge is 1.97. The van der Waals surface area contributed by atoms with E-state index in [1.165, 1.54) is 0 Å². The van der Waals surface area contributed by atoms with Gasteiger partial charge in [0.2, 0.25) is 5.91 Å². The average molecular weight is 249 g/mol. The summed E-state index contributed by atoms with van der Waals surface area (Å²) >= 11 is 5.81. The third kappa shape index (κ3) is 5.62. The summed E-state index contributed by atoms with van der Waals surface area (Å²) in [5.74, 6) is -0.132. The SMILES string of the molecule is Cl.NCC(=O)NCCc1cccc(Cl)c1. The first-order valence-electron chi connectivity index (χ1n) is 4.43. The molecule has 0 bridgehead atoms. The van der Waals surface area contributed by atoms with Crippen LogP contribution in [0, 0.1) is 0 Å². The summed E-state index contributed by atoms with van der Waals surface area (Å²) in [7, 11) is 0. The third-order valence-electron chi connectivity index (χ3n) is 1.81. The molecule has 0 aliphatic heterocycles. The van der Waals surface area contributed by atoms with Gasteiger partial charge in [0.05, 0.1) is 6.54 Å². The summed E-state index contributed by atoms with van der Waals surface area (Å²) in [6.45, 7) is 0.631. The van der Waals surface area contributed by atoms with Crippen molar-refractivity contribution in [1.29, 1.82) is 0 Å². The lowest BCUT2D eigenvalue weighted by Gasteiger charge is -2.03. The summed E-state index contributed by atoms with van der Waals surface area (Å²) in [5, 5.41) is 3.41. The van der Waals surface area contributed by atoms with Gasteiger partial charge in [0.15, 0.2) is 0 Å². The van der Waals surface area contributed by atoms with Crippen LogP contribution in [-0.2, 0) is 11.2 Å². The highest BCUT2D eigenvalue weighted by molar-refractivity contribution is 6.30. The topological polar surface area (TPSA) is 55.1 Å². The fourth-order valence-corrected chi connectivity index (χ4v) is 1.32. The van der Waals surface area contributed by atoms with Gasteiger partial charge in [0.25, 0.3) is 0 Å². The number of rotatable bonds is 4. The average Bonchev–Trinajstić information content (AvgIpc) is 2.17. The third-order valence-corrected chi connectivity index (χ3v) is 2.05. The Morgan fingerprint density at radius 3 is 2.80 bits per heavy atom. The molecule has 3 nitrogen and oxygen atoms in total. The van der Waals surface area contributed by atoms with E-state index in [1.807, 2.05) is 24.3 Å². The van der Waals surface area contributed by atoms with Gasteiger partial charge in [-0.3, -0.25) is 4.79 Å². The van der Waals surface area contributed by atoms with Crippen LogP contribution in [0.5, 0.6) is 0 Å². The number of hydrogen-bond donors (Lipinski definition) is 2. The van der Waals surface area contributed by atoms with Crippen LogP contribution in [0.3, 0.4) is 0 Å². The maximum atomic E-state index is 10.8. The van der Waals surface area contributed by atoms with Crippen LogP contribution < -0.4 is 11.1 Å². The number of benzene rings is 1. The van der Waals surface area contributed by atoms with Crippen molar-refractivity contribution in [2.45, 2.75) is 6.42 Å². The zero-order valence-corrected chi connectivity index (χ0v) is 9.77. The predicted octanol–water partition coefficient (Wildman–Crippen LogP) is 1.38. The molecule has 5 heteroatoms. The minimum atomic E-state index is -0.132. The molecule has 0 saturated carbocycles. The van der Waals surface area contributed by atoms with E-state index in [-0.39, 0.29) is 24.9 Å². The van der Waals surface area contributed by atoms with Gasteiger partial charge in [-0.05, 0) is 24.1 Å². The van der Waals surface area contributed by atoms with Crippen molar-refractivity contribution >= 4 is 29.9 Å². The zero-order chi connectivity index (χ0) is 10.4. The van der Waals surface area contributed by atoms with Crippen molar-refractivity contribution in [2.24, 2.45) is 5.73 Å². The van der Waals surface area contributed by atoms with Crippen molar-refractivity contribution in [3.8, 4) is 0 Å². The molecule has 1 amide bonds. The van der Waals surface area contributed by atoms with Crippen LogP contribution in [0.1, 0.15) is 5.56 Å². The summed E-state index contributed by atoms with van der Waals surface area (Å²) in [6, 6.07) is 7.57. The smallest absolute Gasteiger partial charge is 0.233 e. The molecular weight excluding hydrogens is 235 g/mol. The first kappa shape index (κ1) is 14.2. The Morgan fingerprint density at radius 2 is 2.20 bits per heavy atom. The number of amides is 1. The molecule has 0 atom stereocenters. The number of nitrogens with one attached hydrogen (secondary N) is 1. The van der Waals surface area contributed by atoms with E-state index >= 15 is 0 Å². The van der Waals surface area contributed by atoms with Crippen LogP contribution in [0.25, 0.3) is 0 Å². The highest BCUT2D eigenvalue weighted by atomic mass is 35.5. The number of hydrogen-bond acceptors (Lipinski definition) is 2. The Bertz CT molecular complexity index is 318. The lowest BCUT2D eigenvalue weighted by Crippen LogP contribution is -2.31. The minimum Gasteiger partial charge on any atom is -0.355 e. The number of carbonyl (C=O) groups is 1. The van der Waals surface area contributed by atoms with E-state index in [9.17, 15) is 4.79 Å². The fraction of sp³-hybridized carbons (Fsp3) is 0.300. The van der Waals surface area contributed by atoms with Crippen molar-refractivity contribution in [1.82, 2.24) is 5.32 Å². The van der Waals surface area contributed by atoms with Crippen LogP contribution in [0.4, 0.5) is 0 Å². The minimum absolute atomic E-state index is 0. The molecule has 0 fully saturated rings. The quantitative estimate of drug-likeness (QED) is 0.846. The second-order valence-corrected chi connectivity index (χ2v) is 3.37. The second-order valence-electron chi connectivity index (χ2n) is 2.93. The molecule has 1 aromatic carbocycles. The van der Waals surface area contributed by atoms with E-state index in [2.05, 4.69) is 5.32 Å². The molecule has 0 aromatic heterocycles. The molecule has 3 N–H and O–H groups in total. The maximum absolute atomic E-state index is 10.8. The Balaban J connectivity index is 0.00000196. The van der Waals surface area contributed by atoms with Crippen molar-refractivity contribution < 1.29 is 4.79 Å². The molecule has 0 radical (unpaired) electrons. The van der Waals surface area contributed by atoms with Gasteiger partial charge in [-0.15, -0.1) is 12.4 Å². The van der Waals surface area contributed by atoms with Crippen LogP contribution in [-0.4, -0.2) is 19.0 Å². The molecule has 0 spiro atoms. The first-order valence-corrected chi connectivity index (χ1v) is 4.81. The van der Waals surface area contributed by atoms with Gasteiger partial charge in [-0.2, -0.15) is 0 Å². The van der Waals surface area contributed by atoms with Gasteiger partial charge in [-0.25, -0.2) is 0 Å². The Labute approximate surface area is 100 Å². The Morgan fingerprint density at radius 1 is 1.47 bits per heavy atom. The molecule has 0 saturated heterocycles. The molecular formula is C10H14Cl2N2O. The van der Waals surface area contributed by atoms with E-state index in [4.69, 9.17) is 17.3 Å². The first-order chi connectivity index (χ1) is 6.72. The van der Waals surface area contributed by atoms with Gasteiger partial charge in [-0.1, -0.05) is 23.7 Å². The van der Waals surface area contributed by atoms with Crippen molar-refractivity contribution in [3.63, 3.8) is 0 Å². The largest absolute Gasteiger partial charge is 0.355 e.